The molecule has 0 saturated carbocycles. The number of methoxy groups -OCH3 is 1. The quantitative estimate of drug-likeness (QED) is 0.582. The molecule has 0 aliphatic rings. The highest BCUT2D eigenvalue weighted by Crippen LogP contribution is 1.70. The molecule has 2 heteroatoms. The van der Waals surface area contributed by atoms with Crippen molar-refractivity contribution < 1.29 is 4.74 Å². The van der Waals surface area contributed by atoms with Gasteiger partial charge in [-0.1, -0.05) is 6.92 Å². The number of ether oxygens (including phenoxy) is 1. The molecule has 1 N–H and O–H groups in total. The standard InChI is InChI=1S/C4H10O.C2H7N/c1-3-4-5-2;1-3-2/h3-4H2,1-2H3;3H,1-2H3. The molecule has 0 spiro atoms. The van der Waals surface area contributed by atoms with Gasteiger partial charge in [0.1, 0.15) is 0 Å². The summed E-state index contributed by atoms with van der Waals surface area (Å²) in [5.41, 5.74) is 0. The van der Waals surface area contributed by atoms with E-state index in [0.29, 0.717) is 0 Å². The highest BCUT2D eigenvalue weighted by Gasteiger charge is 1.66. The number of nitrogens with one attached hydrogen (secondary N) is 1. The van der Waals surface area contributed by atoms with Gasteiger partial charge >= 0.3 is 0 Å². The maximum absolute atomic E-state index is 4.69. The van der Waals surface area contributed by atoms with Crippen LogP contribution in [0.1, 0.15) is 13.3 Å². The van der Waals surface area contributed by atoms with Crippen LogP contribution in [0, 0.1) is 0 Å². The molecule has 0 amide bonds. The molecule has 0 saturated heterocycles. The molecule has 0 fully saturated rings. The van der Waals surface area contributed by atoms with Crippen molar-refractivity contribution in [3.05, 3.63) is 0 Å². The van der Waals surface area contributed by atoms with Crippen LogP contribution in [0.3, 0.4) is 0 Å². The molecule has 0 radical (unpaired) electrons. The lowest BCUT2D eigenvalue weighted by Crippen LogP contribution is -1.89. The SMILES string of the molecule is CCCOC.CNC. The Hall–Kier alpha value is -0.0800. The van der Waals surface area contributed by atoms with E-state index in [1.165, 1.54) is 0 Å². The third-order valence-electron chi connectivity index (χ3n) is 0.408. The molecule has 0 aromatic rings. The Labute approximate surface area is 52.2 Å². The van der Waals surface area contributed by atoms with Gasteiger partial charge in [0.2, 0.25) is 0 Å². The van der Waals surface area contributed by atoms with E-state index < -0.39 is 0 Å². The van der Waals surface area contributed by atoms with Gasteiger partial charge in [0.05, 0.1) is 0 Å². The second-order valence-corrected chi connectivity index (χ2v) is 1.49. The van der Waals surface area contributed by atoms with Gasteiger partial charge in [0.15, 0.2) is 0 Å². The molecule has 0 aliphatic heterocycles. The van der Waals surface area contributed by atoms with Gasteiger partial charge in [0, 0.05) is 13.7 Å². The summed E-state index contributed by atoms with van der Waals surface area (Å²) in [6, 6.07) is 0. The Kier molecular flexibility index (Phi) is 21.3. The Morgan fingerprint density at radius 1 is 1.38 bits per heavy atom. The van der Waals surface area contributed by atoms with E-state index in [0.717, 1.165) is 13.0 Å². The topological polar surface area (TPSA) is 21.3 Å². The summed E-state index contributed by atoms with van der Waals surface area (Å²) in [5, 5.41) is 2.75. The van der Waals surface area contributed by atoms with Crippen LogP contribution in [-0.2, 0) is 4.74 Å². The average Bonchev–Trinajstić information content (AvgIpc) is 1.71. The molecule has 0 unspecified atom stereocenters. The second-order valence-electron chi connectivity index (χ2n) is 1.49. The average molecular weight is 119 g/mol. The predicted octanol–water partition coefficient (Wildman–Crippen LogP) is 0.878. The minimum atomic E-state index is 0.889. The summed E-state index contributed by atoms with van der Waals surface area (Å²) in [5.74, 6) is 0. The molecule has 0 aliphatic carbocycles. The van der Waals surface area contributed by atoms with Crippen LogP contribution in [0.25, 0.3) is 0 Å². The molecule has 2 nitrogen and oxygen atoms in total. The highest BCUT2D eigenvalue weighted by atomic mass is 16.5. The first-order chi connectivity index (χ1) is 3.83. The number of hydrogen-bond acceptors (Lipinski definition) is 2. The zero-order valence-corrected chi connectivity index (χ0v) is 6.32. The third kappa shape index (κ3) is 38.9. The second kappa shape index (κ2) is 15.8. The largest absolute Gasteiger partial charge is 0.385 e. The minimum absolute atomic E-state index is 0.889. The maximum atomic E-state index is 4.69. The molecule has 0 heterocycles. The van der Waals surface area contributed by atoms with Crippen LogP contribution >= 0.6 is 0 Å². The fourth-order valence-corrected chi connectivity index (χ4v) is 0.204. The lowest BCUT2D eigenvalue weighted by molar-refractivity contribution is 0.199. The van der Waals surface area contributed by atoms with E-state index in [1.807, 2.05) is 14.1 Å². The first-order valence-corrected chi connectivity index (χ1v) is 2.90. The molecule has 52 valence electrons. The Morgan fingerprint density at radius 3 is 1.75 bits per heavy atom. The molecule has 0 bridgehead atoms. The van der Waals surface area contributed by atoms with E-state index in [-0.39, 0.29) is 0 Å². The summed E-state index contributed by atoms with van der Waals surface area (Å²) in [7, 11) is 5.46. The van der Waals surface area contributed by atoms with Crippen LogP contribution < -0.4 is 5.32 Å². The van der Waals surface area contributed by atoms with Gasteiger partial charge in [-0.3, -0.25) is 0 Å². The van der Waals surface area contributed by atoms with Crippen molar-refractivity contribution in [2.75, 3.05) is 27.8 Å². The minimum Gasteiger partial charge on any atom is -0.385 e. The lowest BCUT2D eigenvalue weighted by atomic mass is 10.5. The lowest BCUT2D eigenvalue weighted by Gasteiger charge is -1.84. The van der Waals surface area contributed by atoms with Crippen molar-refractivity contribution in [3.8, 4) is 0 Å². The van der Waals surface area contributed by atoms with E-state index in [4.69, 9.17) is 4.74 Å². The van der Waals surface area contributed by atoms with Crippen molar-refractivity contribution in [3.63, 3.8) is 0 Å². The molecule has 8 heavy (non-hydrogen) atoms. The monoisotopic (exact) mass is 119 g/mol. The van der Waals surface area contributed by atoms with Gasteiger partial charge in [-0.2, -0.15) is 0 Å². The third-order valence-corrected chi connectivity index (χ3v) is 0.408. The fourth-order valence-electron chi connectivity index (χ4n) is 0.204. The van der Waals surface area contributed by atoms with Gasteiger partial charge < -0.3 is 10.1 Å². The molecule has 0 rings (SSSR count). The van der Waals surface area contributed by atoms with Crippen molar-refractivity contribution in [1.29, 1.82) is 0 Å². The molecule has 0 aromatic heterocycles. The normalized spacial score (nSPS) is 7.50. The summed E-state index contributed by atoms with van der Waals surface area (Å²) < 4.78 is 4.69. The molecular weight excluding hydrogens is 102 g/mol. The smallest absolute Gasteiger partial charge is 0.0459 e. The summed E-state index contributed by atoms with van der Waals surface area (Å²) in [6.07, 6.45) is 1.12. The van der Waals surface area contributed by atoms with E-state index in [9.17, 15) is 0 Å². The first-order valence-electron chi connectivity index (χ1n) is 2.90. The molecule has 0 aromatic carbocycles. The van der Waals surface area contributed by atoms with Crippen LogP contribution in [0.15, 0.2) is 0 Å². The van der Waals surface area contributed by atoms with Crippen molar-refractivity contribution in [1.82, 2.24) is 5.32 Å². The van der Waals surface area contributed by atoms with Crippen molar-refractivity contribution >= 4 is 0 Å². The van der Waals surface area contributed by atoms with Gasteiger partial charge in [-0.25, -0.2) is 0 Å². The number of rotatable bonds is 2. The van der Waals surface area contributed by atoms with Crippen LogP contribution in [0.5, 0.6) is 0 Å². The van der Waals surface area contributed by atoms with Gasteiger partial charge in [-0.15, -0.1) is 0 Å². The fraction of sp³-hybridized carbons (Fsp3) is 1.00. The molecule has 0 atom stereocenters. The summed E-state index contributed by atoms with van der Waals surface area (Å²) >= 11 is 0. The maximum Gasteiger partial charge on any atom is 0.0459 e. The zero-order valence-electron chi connectivity index (χ0n) is 6.32. The Bertz CT molecular complexity index is 22.5. The predicted molar refractivity (Wildman–Crippen MR) is 37.2 cm³/mol. The number of hydrogen-bond donors (Lipinski definition) is 1. The Balaban J connectivity index is 0. The van der Waals surface area contributed by atoms with Crippen LogP contribution in [0.2, 0.25) is 0 Å². The van der Waals surface area contributed by atoms with E-state index >= 15 is 0 Å². The van der Waals surface area contributed by atoms with Gasteiger partial charge in [-0.05, 0) is 20.5 Å². The van der Waals surface area contributed by atoms with Crippen molar-refractivity contribution in [2.45, 2.75) is 13.3 Å². The van der Waals surface area contributed by atoms with Crippen LogP contribution in [0.4, 0.5) is 0 Å². The summed E-state index contributed by atoms with van der Waals surface area (Å²) in [4.78, 5) is 0. The highest BCUT2D eigenvalue weighted by molar-refractivity contribution is 4.15. The van der Waals surface area contributed by atoms with E-state index in [2.05, 4.69) is 12.2 Å². The zero-order chi connectivity index (χ0) is 6.83. The summed E-state index contributed by atoms with van der Waals surface area (Å²) in [6.45, 7) is 2.98. The van der Waals surface area contributed by atoms with Crippen molar-refractivity contribution in [2.24, 2.45) is 0 Å². The molecular formula is C6H17NO. The van der Waals surface area contributed by atoms with Crippen LogP contribution in [-0.4, -0.2) is 27.8 Å². The first kappa shape index (κ1) is 10.8. The van der Waals surface area contributed by atoms with E-state index in [1.54, 1.807) is 7.11 Å². The Morgan fingerprint density at radius 2 is 1.75 bits per heavy atom. The van der Waals surface area contributed by atoms with Gasteiger partial charge in [0.25, 0.3) is 0 Å².